The maximum absolute atomic E-state index is 13.1. The van der Waals surface area contributed by atoms with Crippen molar-refractivity contribution in [1.29, 1.82) is 0 Å². The van der Waals surface area contributed by atoms with Gasteiger partial charge in [-0.25, -0.2) is 20.0 Å². The van der Waals surface area contributed by atoms with Crippen LogP contribution in [0.3, 0.4) is 0 Å². The number of benzene rings is 1. The molecule has 1 aliphatic carbocycles. The summed E-state index contributed by atoms with van der Waals surface area (Å²) in [7, 11) is 0. The number of fused-ring (bicyclic) bond motifs is 1. The van der Waals surface area contributed by atoms with Crippen LogP contribution in [-0.2, 0) is 9.59 Å². The number of nitrogens with zero attached hydrogens (tertiary/aromatic N) is 1. The predicted molar refractivity (Wildman–Crippen MR) is 92.5 cm³/mol. The molecule has 0 aromatic heterocycles. The number of carbonyl (C=O) groups excluding carboxylic acids is 1. The first-order valence-electron chi connectivity index (χ1n) is 9.36. The zero-order chi connectivity index (χ0) is 18.3. The van der Waals surface area contributed by atoms with Crippen molar-refractivity contribution in [2.24, 2.45) is 5.92 Å². The number of halogens is 1. The van der Waals surface area contributed by atoms with Crippen molar-refractivity contribution in [1.82, 2.24) is 15.8 Å². The summed E-state index contributed by atoms with van der Waals surface area (Å²) in [5, 5.41) is 9.61. The second-order valence-electron chi connectivity index (χ2n) is 7.63. The van der Waals surface area contributed by atoms with Gasteiger partial charge in [0.1, 0.15) is 17.9 Å². The fourth-order valence-electron chi connectivity index (χ4n) is 4.81. The third-order valence-corrected chi connectivity index (χ3v) is 6.10. The van der Waals surface area contributed by atoms with E-state index < -0.39 is 18.1 Å². The van der Waals surface area contributed by atoms with Gasteiger partial charge in [0.2, 0.25) is 5.91 Å². The van der Waals surface area contributed by atoms with Crippen molar-refractivity contribution in [3.05, 3.63) is 35.6 Å². The quantitative estimate of drug-likeness (QED) is 0.767. The molecule has 0 spiro atoms. The van der Waals surface area contributed by atoms with Crippen LogP contribution in [0.1, 0.15) is 50.1 Å². The summed E-state index contributed by atoms with van der Waals surface area (Å²) in [6.45, 7) is 0. The molecule has 5 atom stereocenters. The molecule has 3 fully saturated rings. The number of hydrazine groups is 1. The van der Waals surface area contributed by atoms with Gasteiger partial charge < -0.3 is 10.0 Å². The summed E-state index contributed by atoms with van der Waals surface area (Å²) < 4.78 is 13.1. The van der Waals surface area contributed by atoms with E-state index >= 15 is 0 Å². The van der Waals surface area contributed by atoms with Crippen LogP contribution < -0.4 is 10.9 Å². The fourth-order valence-corrected chi connectivity index (χ4v) is 4.81. The van der Waals surface area contributed by atoms with Gasteiger partial charge in [-0.05, 0) is 49.3 Å². The van der Waals surface area contributed by atoms with Crippen LogP contribution >= 0.6 is 0 Å². The van der Waals surface area contributed by atoms with Crippen LogP contribution in [0.2, 0.25) is 0 Å². The predicted octanol–water partition coefficient (Wildman–Crippen LogP) is 1.98. The Hall–Kier alpha value is -1.99. The molecule has 3 N–H and O–H groups in total. The fraction of sp³-hybridized carbons (Fsp3) is 0.579. The molecule has 0 bridgehead atoms. The lowest BCUT2D eigenvalue weighted by Crippen LogP contribution is -2.53. The molecule has 2 heterocycles. The lowest BCUT2D eigenvalue weighted by atomic mass is 9.84. The number of carbonyl (C=O) groups is 2. The Morgan fingerprint density at radius 2 is 1.81 bits per heavy atom. The summed E-state index contributed by atoms with van der Waals surface area (Å²) in [6.07, 6.45) is 5.14. The highest BCUT2D eigenvalue weighted by atomic mass is 19.1. The summed E-state index contributed by atoms with van der Waals surface area (Å²) in [5.74, 6) is -1.04. The van der Waals surface area contributed by atoms with Crippen molar-refractivity contribution < 1.29 is 19.1 Å². The molecule has 4 rings (SSSR count). The zero-order valence-corrected chi connectivity index (χ0v) is 14.5. The van der Waals surface area contributed by atoms with E-state index in [1.54, 1.807) is 17.0 Å². The van der Waals surface area contributed by atoms with Crippen LogP contribution in [-0.4, -0.2) is 40.0 Å². The van der Waals surface area contributed by atoms with Gasteiger partial charge in [-0.1, -0.05) is 25.0 Å². The number of amides is 1. The highest BCUT2D eigenvalue weighted by molar-refractivity contribution is 5.88. The number of likely N-dealkylation sites (tertiary alicyclic amines) is 1. The van der Waals surface area contributed by atoms with Crippen molar-refractivity contribution in [3.8, 4) is 0 Å². The Morgan fingerprint density at radius 1 is 1.08 bits per heavy atom. The summed E-state index contributed by atoms with van der Waals surface area (Å²) >= 11 is 0. The van der Waals surface area contributed by atoms with Gasteiger partial charge in [-0.3, -0.25) is 4.79 Å². The lowest BCUT2D eigenvalue weighted by Gasteiger charge is -2.34. The molecule has 1 saturated carbocycles. The lowest BCUT2D eigenvalue weighted by molar-refractivity contribution is -0.150. The topological polar surface area (TPSA) is 81.7 Å². The summed E-state index contributed by atoms with van der Waals surface area (Å²) in [6, 6.07) is 4.97. The second kappa shape index (κ2) is 6.96. The number of aliphatic carboxylic acids is 1. The van der Waals surface area contributed by atoms with Crippen LogP contribution in [0, 0.1) is 11.7 Å². The van der Waals surface area contributed by atoms with Crippen LogP contribution in [0.5, 0.6) is 0 Å². The number of carboxylic acids is 1. The molecule has 1 amide bonds. The molecule has 7 heteroatoms. The van der Waals surface area contributed by atoms with Gasteiger partial charge in [-0.2, -0.15) is 0 Å². The molecule has 140 valence electrons. The molecule has 6 nitrogen and oxygen atoms in total. The first-order valence-corrected chi connectivity index (χ1v) is 9.36. The zero-order valence-electron chi connectivity index (χ0n) is 14.5. The number of nitrogens with one attached hydrogen (secondary N) is 2. The Bertz CT molecular complexity index is 696. The summed E-state index contributed by atoms with van der Waals surface area (Å²) in [5.41, 5.74) is 7.02. The van der Waals surface area contributed by atoms with E-state index in [1.807, 2.05) is 0 Å². The molecule has 0 radical (unpaired) electrons. The number of carboxylic acid groups (broad SMARTS) is 1. The largest absolute Gasteiger partial charge is 0.480 e. The highest BCUT2D eigenvalue weighted by Crippen LogP contribution is 2.40. The minimum Gasteiger partial charge on any atom is -0.480 e. The van der Waals surface area contributed by atoms with Crippen LogP contribution in [0.25, 0.3) is 0 Å². The first kappa shape index (κ1) is 17.4. The van der Waals surface area contributed by atoms with E-state index in [4.69, 9.17) is 0 Å². The monoisotopic (exact) mass is 361 g/mol. The number of hydrogen-bond acceptors (Lipinski definition) is 4. The van der Waals surface area contributed by atoms with Crippen LogP contribution in [0.4, 0.5) is 4.39 Å². The molecule has 3 aliphatic rings. The standard InChI is InChI=1S/C19H24FN3O3/c20-13-7-5-11(6-8-13)14-10-15(22-21-14)18(24)23-16-4-2-1-3-12(16)9-17(23)19(25)26/h5-8,12,14-17,21-22H,1-4,9-10H2,(H,25,26). The smallest absolute Gasteiger partial charge is 0.326 e. The Balaban J connectivity index is 1.49. The third-order valence-electron chi connectivity index (χ3n) is 6.10. The molecule has 2 saturated heterocycles. The van der Waals surface area contributed by atoms with Crippen molar-refractivity contribution >= 4 is 11.9 Å². The van der Waals surface area contributed by atoms with Crippen molar-refractivity contribution in [3.63, 3.8) is 0 Å². The maximum Gasteiger partial charge on any atom is 0.326 e. The van der Waals surface area contributed by atoms with E-state index in [9.17, 15) is 19.1 Å². The molecule has 1 aromatic rings. The Labute approximate surface area is 151 Å². The van der Waals surface area contributed by atoms with Gasteiger partial charge in [0, 0.05) is 12.1 Å². The van der Waals surface area contributed by atoms with Gasteiger partial charge >= 0.3 is 5.97 Å². The molecule has 2 aliphatic heterocycles. The first-order chi connectivity index (χ1) is 12.5. The Morgan fingerprint density at radius 3 is 2.54 bits per heavy atom. The highest BCUT2D eigenvalue weighted by Gasteiger charge is 2.49. The summed E-state index contributed by atoms with van der Waals surface area (Å²) in [4.78, 5) is 26.5. The SMILES string of the molecule is O=C(O)C1CC2CCCCC2N1C(=O)C1CC(c2ccc(F)cc2)NN1. The van der Waals surface area contributed by atoms with E-state index in [0.717, 1.165) is 31.2 Å². The van der Waals surface area contributed by atoms with Crippen molar-refractivity contribution in [2.75, 3.05) is 0 Å². The van der Waals surface area contributed by atoms with Gasteiger partial charge in [0.15, 0.2) is 0 Å². The van der Waals surface area contributed by atoms with Gasteiger partial charge in [0.05, 0.1) is 0 Å². The minimum absolute atomic E-state index is 0.0454. The van der Waals surface area contributed by atoms with E-state index in [2.05, 4.69) is 10.9 Å². The normalized spacial score (nSPS) is 33.9. The average Bonchev–Trinajstić information content (AvgIpc) is 3.27. The molecule has 26 heavy (non-hydrogen) atoms. The minimum atomic E-state index is -0.909. The number of rotatable bonds is 3. The second-order valence-corrected chi connectivity index (χ2v) is 7.63. The number of hydrogen-bond donors (Lipinski definition) is 3. The Kier molecular flexibility index (Phi) is 4.67. The maximum atomic E-state index is 13.1. The van der Waals surface area contributed by atoms with Gasteiger partial charge in [-0.15, -0.1) is 0 Å². The van der Waals surface area contributed by atoms with Gasteiger partial charge in [0.25, 0.3) is 0 Å². The average molecular weight is 361 g/mol. The molecule has 1 aromatic carbocycles. The molecule has 5 unspecified atom stereocenters. The van der Waals surface area contributed by atoms with Crippen LogP contribution in [0.15, 0.2) is 24.3 Å². The van der Waals surface area contributed by atoms with E-state index in [0.29, 0.717) is 18.8 Å². The third kappa shape index (κ3) is 3.10. The molecular formula is C19H24FN3O3. The molecular weight excluding hydrogens is 337 g/mol. The van der Waals surface area contributed by atoms with E-state index in [-0.39, 0.29) is 23.8 Å². The van der Waals surface area contributed by atoms with Crippen molar-refractivity contribution in [2.45, 2.75) is 62.7 Å². The van der Waals surface area contributed by atoms with E-state index in [1.165, 1.54) is 12.1 Å².